The van der Waals surface area contributed by atoms with Crippen LogP contribution in [0.3, 0.4) is 0 Å². The highest BCUT2D eigenvalue weighted by molar-refractivity contribution is 5.78. The predicted molar refractivity (Wildman–Crippen MR) is 57.4 cm³/mol. The Balaban J connectivity index is 2.23. The Hall–Kier alpha value is -0.940. The quantitative estimate of drug-likeness (QED) is 0.655. The number of ketones is 1. The summed E-state index contributed by atoms with van der Waals surface area (Å²) in [6.45, 7) is 5.65. The average Bonchev–Trinajstić information content (AvgIpc) is 2.26. The van der Waals surface area contributed by atoms with E-state index in [1.165, 1.54) is 0 Å². The molecule has 5 heteroatoms. The molecule has 86 valence electrons. The van der Waals surface area contributed by atoms with Gasteiger partial charge in [0.2, 0.25) is 5.91 Å². The Morgan fingerprint density at radius 1 is 1.20 bits per heavy atom. The van der Waals surface area contributed by atoms with Gasteiger partial charge >= 0.3 is 0 Å². The first-order valence-electron chi connectivity index (χ1n) is 5.33. The number of rotatable bonds is 4. The smallest absolute Gasteiger partial charge is 0.236 e. The Kier molecular flexibility index (Phi) is 4.71. The standard InChI is InChI=1S/C10H19N3O2/c1-9(14)2-3-12-4-6-13(7-5-12)10(15)8-11/h2-8,11H2,1H3. The van der Waals surface area contributed by atoms with Crippen molar-refractivity contribution in [3.05, 3.63) is 0 Å². The third kappa shape index (κ3) is 3.97. The van der Waals surface area contributed by atoms with E-state index in [4.69, 9.17) is 5.73 Å². The van der Waals surface area contributed by atoms with Crippen LogP contribution in [0.25, 0.3) is 0 Å². The molecule has 15 heavy (non-hydrogen) atoms. The molecule has 0 aromatic rings. The van der Waals surface area contributed by atoms with Crippen LogP contribution in [0.15, 0.2) is 0 Å². The highest BCUT2D eigenvalue weighted by Crippen LogP contribution is 2.02. The maximum absolute atomic E-state index is 11.3. The lowest BCUT2D eigenvalue weighted by Gasteiger charge is -2.34. The van der Waals surface area contributed by atoms with Crippen LogP contribution < -0.4 is 5.73 Å². The Bertz CT molecular complexity index is 235. The third-order valence-corrected chi connectivity index (χ3v) is 2.68. The van der Waals surface area contributed by atoms with E-state index in [0.29, 0.717) is 6.42 Å². The minimum Gasteiger partial charge on any atom is -0.339 e. The molecule has 2 N–H and O–H groups in total. The minimum atomic E-state index is 0.0150. The first kappa shape index (κ1) is 12.1. The number of amides is 1. The van der Waals surface area contributed by atoms with Crippen molar-refractivity contribution in [3.8, 4) is 0 Å². The van der Waals surface area contributed by atoms with Crippen LogP contribution in [0.4, 0.5) is 0 Å². The second-order valence-electron chi connectivity index (χ2n) is 3.88. The third-order valence-electron chi connectivity index (χ3n) is 2.68. The van der Waals surface area contributed by atoms with Gasteiger partial charge in [-0.15, -0.1) is 0 Å². The number of carbonyl (C=O) groups excluding carboxylic acids is 2. The van der Waals surface area contributed by atoms with Gasteiger partial charge in [-0.2, -0.15) is 0 Å². The maximum Gasteiger partial charge on any atom is 0.236 e. The molecule has 0 bridgehead atoms. The summed E-state index contributed by atoms with van der Waals surface area (Å²) in [4.78, 5) is 26.1. The minimum absolute atomic E-state index is 0.0150. The summed E-state index contributed by atoms with van der Waals surface area (Å²) >= 11 is 0. The summed E-state index contributed by atoms with van der Waals surface area (Å²) in [7, 11) is 0. The van der Waals surface area contributed by atoms with Crippen molar-refractivity contribution >= 4 is 11.7 Å². The molecule has 1 fully saturated rings. The molecule has 1 aliphatic rings. The molecule has 0 radical (unpaired) electrons. The summed E-state index contributed by atoms with van der Waals surface area (Å²) in [5, 5.41) is 0. The molecular formula is C10H19N3O2. The van der Waals surface area contributed by atoms with Crippen LogP contribution in [-0.2, 0) is 9.59 Å². The maximum atomic E-state index is 11.3. The van der Waals surface area contributed by atoms with Gasteiger partial charge in [-0.1, -0.05) is 0 Å². The lowest BCUT2D eigenvalue weighted by molar-refractivity contribution is -0.131. The first-order valence-corrected chi connectivity index (χ1v) is 5.33. The number of carbonyl (C=O) groups is 2. The molecule has 0 unspecified atom stereocenters. The fourth-order valence-corrected chi connectivity index (χ4v) is 1.67. The van der Waals surface area contributed by atoms with Crippen LogP contribution in [0.2, 0.25) is 0 Å². The number of nitrogens with two attached hydrogens (primary N) is 1. The summed E-state index contributed by atoms with van der Waals surface area (Å²) in [6.07, 6.45) is 0.602. The van der Waals surface area contributed by atoms with Crippen molar-refractivity contribution in [3.63, 3.8) is 0 Å². The van der Waals surface area contributed by atoms with E-state index in [0.717, 1.165) is 32.7 Å². The van der Waals surface area contributed by atoms with Gasteiger partial charge in [0.25, 0.3) is 0 Å². The van der Waals surface area contributed by atoms with E-state index in [2.05, 4.69) is 4.90 Å². The average molecular weight is 213 g/mol. The largest absolute Gasteiger partial charge is 0.339 e. The highest BCUT2D eigenvalue weighted by atomic mass is 16.2. The molecule has 1 rings (SSSR count). The van der Waals surface area contributed by atoms with Gasteiger partial charge in [0.15, 0.2) is 0 Å². The van der Waals surface area contributed by atoms with Gasteiger partial charge < -0.3 is 10.6 Å². The number of piperazine rings is 1. The van der Waals surface area contributed by atoms with Gasteiger partial charge in [0.1, 0.15) is 5.78 Å². The van der Waals surface area contributed by atoms with Crippen molar-refractivity contribution in [2.75, 3.05) is 39.3 Å². The topological polar surface area (TPSA) is 66.6 Å². The van der Waals surface area contributed by atoms with Crippen molar-refractivity contribution in [1.29, 1.82) is 0 Å². The van der Waals surface area contributed by atoms with E-state index in [-0.39, 0.29) is 18.2 Å². The molecule has 5 nitrogen and oxygen atoms in total. The zero-order valence-electron chi connectivity index (χ0n) is 9.24. The van der Waals surface area contributed by atoms with Crippen molar-refractivity contribution in [2.45, 2.75) is 13.3 Å². The molecule has 0 saturated carbocycles. The van der Waals surface area contributed by atoms with Crippen LogP contribution in [0, 0.1) is 0 Å². The molecule has 0 aromatic heterocycles. The molecule has 0 aromatic carbocycles. The van der Waals surface area contributed by atoms with E-state index in [1.54, 1.807) is 11.8 Å². The van der Waals surface area contributed by atoms with Gasteiger partial charge in [0, 0.05) is 39.1 Å². The lowest BCUT2D eigenvalue weighted by Crippen LogP contribution is -2.50. The van der Waals surface area contributed by atoms with Crippen LogP contribution in [0.5, 0.6) is 0 Å². The van der Waals surface area contributed by atoms with E-state index < -0.39 is 0 Å². The van der Waals surface area contributed by atoms with Gasteiger partial charge in [-0.3, -0.25) is 14.5 Å². The van der Waals surface area contributed by atoms with Gasteiger partial charge in [-0.25, -0.2) is 0 Å². The fourth-order valence-electron chi connectivity index (χ4n) is 1.67. The van der Waals surface area contributed by atoms with Crippen molar-refractivity contribution < 1.29 is 9.59 Å². The summed E-state index contributed by atoms with van der Waals surface area (Å²) in [5.74, 6) is 0.233. The van der Waals surface area contributed by atoms with Crippen molar-refractivity contribution in [1.82, 2.24) is 9.80 Å². The molecule has 0 aliphatic carbocycles. The second-order valence-corrected chi connectivity index (χ2v) is 3.88. The predicted octanol–water partition coefficient (Wildman–Crippen LogP) is -0.932. The van der Waals surface area contributed by atoms with Crippen LogP contribution in [0.1, 0.15) is 13.3 Å². The normalized spacial score (nSPS) is 17.9. The molecule has 1 saturated heterocycles. The van der Waals surface area contributed by atoms with Gasteiger partial charge in [0.05, 0.1) is 6.54 Å². The Labute approximate surface area is 90.2 Å². The lowest BCUT2D eigenvalue weighted by atomic mass is 10.2. The molecule has 1 amide bonds. The van der Waals surface area contributed by atoms with Crippen LogP contribution in [-0.4, -0.2) is 60.8 Å². The molecule has 0 spiro atoms. The Morgan fingerprint density at radius 3 is 2.27 bits per heavy atom. The zero-order chi connectivity index (χ0) is 11.3. The van der Waals surface area contributed by atoms with Gasteiger partial charge in [-0.05, 0) is 6.92 Å². The summed E-state index contributed by atoms with van der Waals surface area (Å²) < 4.78 is 0. The highest BCUT2D eigenvalue weighted by Gasteiger charge is 2.19. The number of nitrogens with zero attached hydrogens (tertiary/aromatic N) is 2. The number of hydrogen-bond acceptors (Lipinski definition) is 4. The van der Waals surface area contributed by atoms with E-state index in [1.807, 2.05) is 0 Å². The molecule has 1 heterocycles. The molecule has 0 atom stereocenters. The first-order chi connectivity index (χ1) is 7.13. The Morgan fingerprint density at radius 2 is 1.80 bits per heavy atom. The number of Topliss-reactive ketones (excluding diaryl/α,β-unsaturated/α-hetero) is 1. The van der Waals surface area contributed by atoms with Crippen molar-refractivity contribution in [2.24, 2.45) is 5.73 Å². The molecular weight excluding hydrogens is 194 g/mol. The summed E-state index contributed by atoms with van der Waals surface area (Å²) in [5.41, 5.74) is 5.29. The fraction of sp³-hybridized carbons (Fsp3) is 0.800. The monoisotopic (exact) mass is 213 g/mol. The van der Waals surface area contributed by atoms with Crippen LogP contribution >= 0.6 is 0 Å². The second kappa shape index (κ2) is 5.82. The number of hydrogen-bond donors (Lipinski definition) is 1. The van der Waals surface area contributed by atoms with E-state index in [9.17, 15) is 9.59 Å². The zero-order valence-corrected chi connectivity index (χ0v) is 9.24. The van der Waals surface area contributed by atoms with E-state index >= 15 is 0 Å². The SMILES string of the molecule is CC(=O)CCN1CCN(C(=O)CN)CC1. The molecule has 1 aliphatic heterocycles. The summed E-state index contributed by atoms with van der Waals surface area (Å²) in [6, 6.07) is 0.